The maximum Gasteiger partial charge on any atom is 0.334 e. The maximum absolute atomic E-state index is 13.4. The lowest BCUT2D eigenvalue weighted by molar-refractivity contribution is -0.161. The molecule has 11 nitrogen and oxygen atoms in total. The number of rotatable bonds is 15. The molecule has 2 heterocycles. The molecule has 41 heavy (non-hydrogen) atoms. The molecule has 0 unspecified atom stereocenters. The lowest BCUT2D eigenvalue weighted by Crippen LogP contribution is -2.44. The van der Waals surface area contributed by atoms with Crippen LogP contribution in [0.2, 0.25) is 0 Å². The fourth-order valence-corrected chi connectivity index (χ4v) is 4.64. The normalized spacial score (nSPS) is 21.4. The Morgan fingerprint density at radius 2 is 1.93 bits per heavy atom. The Balaban J connectivity index is 2.17. The van der Waals surface area contributed by atoms with Crippen LogP contribution in [-0.4, -0.2) is 74.8 Å². The third-order valence-corrected chi connectivity index (χ3v) is 6.77. The highest BCUT2D eigenvalue weighted by Gasteiger charge is 2.35. The van der Waals surface area contributed by atoms with Crippen LogP contribution in [0.15, 0.2) is 12.3 Å². The van der Waals surface area contributed by atoms with Gasteiger partial charge in [-0.05, 0) is 50.9 Å². The van der Waals surface area contributed by atoms with Crippen molar-refractivity contribution >= 4 is 17.8 Å². The van der Waals surface area contributed by atoms with Gasteiger partial charge in [0.2, 0.25) is 6.79 Å². The van der Waals surface area contributed by atoms with Gasteiger partial charge in [-0.15, -0.1) is 0 Å². The molecule has 1 aliphatic heterocycles. The van der Waals surface area contributed by atoms with Gasteiger partial charge in [0.05, 0.1) is 13.2 Å². The van der Waals surface area contributed by atoms with Gasteiger partial charge in [-0.1, -0.05) is 40.5 Å². The molecular weight excluding hydrogens is 532 g/mol. The van der Waals surface area contributed by atoms with Crippen LogP contribution in [0.5, 0.6) is 11.5 Å². The molecule has 1 amide bonds. The molecule has 0 spiro atoms. The highest BCUT2D eigenvalue weighted by molar-refractivity contribution is 5.98. The molecule has 0 aliphatic carbocycles. The number of esters is 2. The average molecular weight is 581 g/mol. The van der Waals surface area contributed by atoms with Crippen LogP contribution in [0, 0.1) is 17.8 Å². The number of nitrogens with one attached hydrogen (secondary N) is 1. The lowest BCUT2D eigenvalue weighted by atomic mass is 9.86. The zero-order valence-electron chi connectivity index (χ0n) is 25.6. The zero-order valence-corrected chi connectivity index (χ0v) is 25.6. The fraction of sp³-hybridized carbons (Fsp3) is 0.733. The molecule has 1 fully saturated rings. The van der Waals surface area contributed by atoms with E-state index in [1.54, 1.807) is 6.92 Å². The van der Waals surface area contributed by atoms with Crippen LogP contribution in [0.25, 0.3) is 0 Å². The Bertz CT molecular complexity index is 969. The number of ether oxygens (including phenoxy) is 6. The van der Waals surface area contributed by atoms with E-state index in [0.29, 0.717) is 37.9 Å². The molecular formula is C30H48N2O9. The van der Waals surface area contributed by atoms with E-state index >= 15 is 0 Å². The predicted molar refractivity (Wildman–Crippen MR) is 152 cm³/mol. The Kier molecular flexibility index (Phi) is 14.9. The van der Waals surface area contributed by atoms with Crippen molar-refractivity contribution in [1.82, 2.24) is 10.3 Å². The monoisotopic (exact) mass is 580 g/mol. The highest BCUT2D eigenvalue weighted by atomic mass is 16.7. The summed E-state index contributed by atoms with van der Waals surface area (Å²) in [6.07, 6.45) is 4.68. The van der Waals surface area contributed by atoms with Gasteiger partial charge in [-0.2, -0.15) is 0 Å². The van der Waals surface area contributed by atoms with Crippen molar-refractivity contribution in [3.05, 3.63) is 18.0 Å². The first kappa shape index (κ1) is 34.3. The Labute approximate surface area is 243 Å². The van der Waals surface area contributed by atoms with Gasteiger partial charge in [0.1, 0.15) is 18.8 Å². The van der Waals surface area contributed by atoms with Crippen LogP contribution in [0.3, 0.4) is 0 Å². The van der Waals surface area contributed by atoms with Gasteiger partial charge >= 0.3 is 11.9 Å². The second kappa shape index (κ2) is 17.8. The van der Waals surface area contributed by atoms with E-state index in [4.69, 9.17) is 28.4 Å². The SMILES string of the molecule is CCOCC(=O)OCOc1c(OC)ccnc1C(=O)N[C@H]1CCC[C@H](CCC(C)C)[C@@H](OCC(C)C)[C@H](C)OC1=O. The van der Waals surface area contributed by atoms with Gasteiger partial charge in [0, 0.05) is 25.5 Å². The minimum Gasteiger partial charge on any atom is -0.493 e. The smallest absolute Gasteiger partial charge is 0.334 e. The predicted octanol–water partition coefficient (Wildman–Crippen LogP) is 4.31. The zero-order chi connectivity index (χ0) is 30.4. The number of hydrogen-bond acceptors (Lipinski definition) is 10. The molecule has 0 saturated carbocycles. The molecule has 1 saturated heterocycles. The molecule has 0 bridgehead atoms. The Morgan fingerprint density at radius 1 is 1.17 bits per heavy atom. The largest absolute Gasteiger partial charge is 0.493 e. The van der Waals surface area contributed by atoms with Crippen molar-refractivity contribution in [2.45, 2.75) is 91.9 Å². The van der Waals surface area contributed by atoms with Gasteiger partial charge < -0.3 is 33.7 Å². The first-order chi connectivity index (χ1) is 19.6. The molecule has 1 aliphatic rings. The van der Waals surface area contributed by atoms with Crippen molar-refractivity contribution < 1.29 is 42.8 Å². The molecule has 4 atom stereocenters. The van der Waals surface area contributed by atoms with Crippen LogP contribution >= 0.6 is 0 Å². The third-order valence-electron chi connectivity index (χ3n) is 6.77. The number of hydrogen-bond donors (Lipinski definition) is 1. The number of nitrogens with zero attached hydrogens (tertiary/aromatic N) is 1. The van der Waals surface area contributed by atoms with Crippen molar-refractivity contribution in [2.24, 2.45) is 17.8 Å². The van der Waals surface area contributed by atoms with Crippen molar-refractivity contribution in [3.8, 4) is 11.5 Å². The van der Waals surface area contributed by atoms with Gasteiger partial charge in [0.25, 0.3) is 5.91 Å². The molecule has 11 heteroatoms. The summed E-state index contributed by atoms with van der Waals surface area (Å²) in [7, 11) is 1.41. The number of cyclic esters (lactones) is 1. The number of methoxy groups -OCH3 is 1. The topological polar surface area (TPSA) is 132 Å². The minimum atomic E-state index is -0.885. The van der Waals surface area contributed by atoms with E-state index in [2.05, 4.69) is 38.0 Å². The van der Waals surface area contributed by atoms with Crippen molar-refractivity contribution in [3.63, 3.8) is 0 Å². The third kappa shape index (κ3) is 11.5. The van der Waals surface area contributed by atoms with E-state index in [-0.39, 0.29) is 35.8 Å². The molecule has 2 rings (SSSR count). The summed E-state index contributed by atoms with van der Waals surface area (Å²) in [6, 6.07) is 0.628. The first-order valence-corrected chi connectivity index (χ1v) is 14.6. The van der Waals surface area contributed by atoms with Crippen molar-refractivity contribution in [2.75, 3.05) is 33.7 Å². The Hall–Kier alpha value is -2.92. The standard InChI is InChI=1S/C30H48N2O9/c1-8-37-17-25(33)39-18-40-28-24(36-7)14-15-31-26(28)29(34)32-23-11-9-10-22(13-12-19(2)3)27(38-16-20(4)5)21(6)41-30(23)35/h14-15,19-23,27H,8-13,16-18H2,1-7H3,(H,32,34)/t21-,22+,23-,27-/m0/s1. The summed E-state index contributed by atoms with van der Waals surface area (Å²) in [5.41, 5.74) is -0.112. The summed E-state index contributed by atoms with van der Waals surface area (Å²) in [6.45, 7) is 12.4. The summed E-state index contributed by atoms with van der Waals surface area (Å²) < 4.78 is 33.1. The Morgan fingerprint density at radius 3 is 2.59 bits per heavy atom. The van der Waals surface area contributed by atoms with Gasteiger partial charge in [0.15, 0.2) is 17.2 Å². The number of carbonyl (C=O) groups excluding carboxylic acids is 3. The van der Waals surface area contributed by atoms with E-state index in [1.807, 2.05) is 6.92 Å². The molecule has 1 N–H and O–H groups in total. The summed E-state index contributed by atoms with van der Waals surface area (Å²) >= 11 is 0. The molecule has 0 radical (unpaired) electrons. The van der Waals surface area contributed by atoms with Gasteiger partial charge in [-0.3, -0.25) is 4.79 Å². The molecule has 0 aromatic carbocycles. The van der Waals surface area contributed by atoms with Crippen LogP contribution < -0.4 is 14.8 Å². The number of aromatic nitrogens is 1. The van der Waals surface area contributed by atoms with Gasteiger partial charge in [-0.25, -0.2) is 14.6 Å². The number of pyridine rings is 1. The van der Waals surface area contributed by atoms with E-state index in [1.165, 1.54) is 19.4 Å². The molecule has 1 aromatic heterocycles. The fourth-order valence-electron chi connectivity index (χ4n) is 4.64. The van der Waals surface area contributed by atoms with E-state index < -0.39 is 36.8 Å². The second-order valence-electron chi connectivity index (χ2n) is 11.1. The lowest BCUT2D eigenvalue weighted by Gasteiger charge is -2.32. The van der Waals surface area contributed by atoms with Crippen LogP contribution in [0.1, 0.15) is 84.1 Å². The summed E-state index contributed by atoms with van der Waals surface area (Å²) in [4.78, 5) is 42.5. The maximum atomic E-state index is 13.4. The van der Waals surface area contributed by atoms with Crippen LogP contribution in [-0.2, 0) is 28.5 Å². The number of carbonyl (C=O) groups is 3. The minimum absolute atomic E-state index is 0.0163. The van der Waals surface area contributed by atoms with Crippen LogP contribution in [0.4, 0.5) is 0 Å². The van der Waals surface area contributed by atoms with E-state index in [0.717, 1.165) is 19.3 Å². The average Bonchev–Trinajstić information content (AvgIpc) is 2.97. The molecule has 232 valence electrons. The summed E-state index contributed by atoms with van der Waals surface area (Å²) in [5.74, 6) is -0.445. The number of amides is 1. The summed E-state index contributed by atoms with van der Waals surface area (Å²) in [5, 5.41) is 2.77. The second-order valence-corrected chi connectivity index (χ2v) is 11.1. The van der Waals surface area contributed by atoms with Crippen molar-refractivity contribution in [1.29, 1.82) is 0 Å². The first-order valence-electron chi connectivity index (χ1n) is 14.6. The quantitative estimate of drug-likeness (QED) is 0.236. The molecule has 1 aromatic rings. The highest BCUT2D eigenvalue weighted by Crippen LogP contribution is 2.31. The van der Waals surface area contributed by atoms with E-state index in [9.17, 15) is 14.4 Å².